The molecule has 0 radical (unpaired) electrons. The standard InChI is InChI=1S/C18H20ClNO/c1-4-18(2,3)14-8-5-12(6-9-14)17(21)13-7-10-15(19)16(20)11-13/h5-11H,4,20H2,1-3H3. The number of benzene rings is 2. The molecule has 0 unspecified atom stereocenters. The van der Waals surface area contributed by atoms with E-state index in [0.717, 1.165) is 6.42 Å². The fourth-order valence-electron chi connectivity index (χ4n) is 2.13. The Bertz CT molecular complexity index is 659. The van der Waals surface area contributed by atoms with Gasteiger partial charge in [-0.2, -0.15) is 0 Å². The van der Waals surface area contributed by atoms with Crippen molar-refractivity contribution in [3.8, 4) is 0 Å². The number of anilines is 1. The van der Waals surface area contributed by atoms with Crippen LogP contribution in [0.2, 0.25) is 5.02 Å². The van der Waals surface area contributed by atoms with E-state index in [-0.39, 0.29) is 11.2 Å². The number of hydrogen-bond acceptors (Lipinski definition) is 2. The highest BCUT2D eigenvalue weighted by Gasteiger charge is 2.18. The topological polar surface area (TPSA) is 43.1 Å². The van der Waals surface area contributed by atoms with Crippen molar-refractivity contribution in [3.63, 3.8) is 0 Å². The van der Waals surface area contributed by atoms with E-state index in [2.05, 4.69) is 20.8 Å². The van der Waals surface area contributed by atoms with Gasteiger partial charge in [-0.25, -0.2) is 0 Å². The zero-order valence-corrected chi connectivity index (χ0v) is 13.4. The lowest BCUT2D eigenvalue weighted by Gasteiger charge is -2.23. The maximum atomic E-state index is 12.4. The molecule has 2 nitrogen and oxygen atoms in total. The van der Waals surface area contributed by atoms with Crippen LogP contribution in [0.5, 0.6) is 0 Å². The van der Waals surface area contributed by atoms with Crippen LogP contribution in [0.3, 0.4) is 0 Å². The molecule has 0 aliphatic rings. The molecule has 0 saturated heterocycles. The van der Waals surface area contributed by atoms with Crippen molar-refractivity contribution in [3.05, 3.63) is 64.2 Å². The number of rotatable bonds is 4. The molecule has 2 rings (SSSR count). The second-order valence-electron chi connectivity index (χ2n) is 5.88. The van der Waals surface area contributed by atoms with Crippen molar-refractivity contribution in [2.24, 2.45) is 0 Å². The first-order valence-corrected chi connectivity index (χ1v) is 7.43. The second kappa shape index (κ2) is 5.90. The smallest absolute Gasteiger partial charge is 0.193 e. The van der Waals surface area contributed by atoms with Crippen molar-refractivity contribution in [1.29, 1.82) is 0 Å². The summed E-state index contributed by atoms with van der Waals surface area (Å²) in [6.45, 7) is 6.56. The lowest BCUT2D eigenvalue weighted by Crippen LogP contribution is -2.15. The maximum absolute atomic E-state index is 12.4. The van der Waals surface area contributed by atoms with Crippen molar-refractivity contribution >= 4 is 23.1 Å². The first-order chi connectivity index (χ1) is 9.85. The molecule has 2 aromatic carbocycles. The zero-order chi connectivity index (χ0) is 15.6. The fourth-order valence-corrected chi connectivity index (χ4v) is 2.25. The minimum Gasteiger partial charge on any atom is -0.398 e. The molecule has 3 heteroatoms. The van der Waals surface area contributed by atoms with E-state index in [1.54, 1.807) is 18.2 Å². The Balaban J connectivity index is 2.30. The fraction of sp³-hybridized carbons (Fsp3) is 0.278. The Morgan fingerprint density at radius 2 is 1.67 bits per heavy atom. The molecule has 0 spiro atoms. The minimum atomic E-state index is -0.0424. The molecule has 0 fully saturated rings. The Labute approximate surface area is 130 Å². The summed E-state index contributed by atoms with van der Waals surface area (Å²) in [4.78, 5) is 12.4. The summed E-state index contributed by atoms with van der Waals surface area (Å²) in [7, 11) is 0. The third kappa shape index (κ3) is 3.27. The van der Waals surface area contributed by atoms with Gasteiger partial charge < -0.3 is 5.73 Å². The summed E-state index contributed by atoms with van der Waals surface area (Å²) in [6.07, 6.45) is 1.05. The monoisotopic (exact) mass is 301 g/mol. The van der Waals surface area contributed by atoms with Crippen LogP contribution in [0, 0.1) is 0 Å². The molecular formula is C18H20ClNO. The van der Waals surface area contributed by atoms with Crippen LogP contribution in [-0.4, -0.2) is 5.78 Å². The molecular weight excluding hydrogens is 282 g/mol. The first-order valence-electron chi connectivity index (χ1n) is 7.05. The van der Waals surface area contributed by atoms with Crippen LogP contribution in [-0.2, 0) is 5.41 Å². The summed E-state index contributed by atoms with van der Waals surface area (Å²) in [5.74, 6) is -0.0424. The lowest BCUT2D eigenvalue weighted by molar-refractivity contribution is 0.103. The van der Waals surface area contributed by atoms with Crippen LogP contribution >= 0.6 is 11.6 Å². The Morgan fingerprint density at radius 1 is 1.10 bits per heavy atom. The molecule has 21 heavy (non-hydrogen) atoms. The summed E-state index contributed by atoms with van der Waals surface area (Å²) in [5, 5.41) is 0.464. The predicted molar refractivity (Wildman–Crippen MR) is 89.1 cm³/mol. The van der Waals surface area contributed by atoms with Crippen LogP contribution < -0.4 is 5.73 Å². The van der Waals surface area contributed by atoms with Crippen molar-refractivity contribution in [2.45, 2.75) is 32.6 Å². The Hall–Kier alpha value is -1.80. The maximum Gasteiger partial charge on any atom is 0.193 e. The molecule has 0 saturated carbocycles. The lowest BCUT2D eigenvalue weighted by atomic mass is 9.82. The molecule has 0 atom stereocenters. The molecule has 0 aliphatic heterocycles. The van der Waals surface area contributed by atoms with Gasteiger partial charge in [-0.1, -0.05) is 56.6 Å². The van der Waals surface area contributed by atoms with E-state index >= 15 is 0 Å². The van der Waals surface area contributed by atoms with Crippen LogP contribution in [0.15, 0.2) is 42.5 Å². The van der Waals surface area contributed by atoms with Gasteiger partial charge in [0.05, 0.1) is 10.7 Å². The third-order valence-corrected chi connectivity index (χ3v) is 4.41. The number of carbonyl (C=O) groups is 1. The van der Waals surface area contributed by atoms with Crippen LogP contribution in [0.25, 0.3) is 0 Å². The van der Waals surface area contributed by atoms with Gasteiger partial charge in [0.15, 0.2) is 5.78 Å². The highest BCUT2D eigenvalue weighted by atomic mass is 35.5. The van der Waals surface area contributed by atoms with Crippen molar-refractivity contribution in [2.75, 3.05) is 5.73 Å². The van der Waals surface area contributed by atoms with E-state index in [9.17, 15) is 4.79 Å². The van der Waals surface area contributed by atoms with Crippen molar-refractivity contribution < 1.29 is 4.79 Å². The van der Waals surface area contributed by atoms with E-state index in [4.69, 9.17) is 17.3 Å². The van der Waals surface area contributed by atoms with Gasteiger partial charge in [0, 0.05) is 11.1 Å². The predicted octanol–water partition coefficient (Wildman–Crippen LogP) is 4.84. The first kappa shape index (κ1) is 15.6. The number of nitrogen functional groups attached to an aromatic ring is 1. The summed E-state index contributed by atoms with van der Waals surface area (Å²) in [5.41, 5.74) is 8.74. The van der Waals surface area contributed by atoms with Gasteiger partial charge in [-0.15, -0.1) is 0 Å². The number of halogens is 1. The van der Waals surface area contributed by atoms with E-state index in [1.165, 1.54) is 5.56 Å². The van der Waals surface area contributed by atoms with Gasteiger partial charge >= 0.3 is 0 Å². The minimum absolute atomic E-state index is 0.0424. The van der Waals surface area contributed by atoms with E-state index in [0.29, 0.717) is 21.8 Å². The molecule has 0 aromatic heterocycles. The zero-order valence-electron chi connectivity index (χ0n) is 12.6. The Kier molecular flexibility index (Phi) is 4.38. The highest BCUT2D eigenvalue weighted by Crippen LogP contribution is 2.27. The van der Waals surface area contributed by atoms with Gasteiger partial charge in [0.25, 0.3) is 0 Å². The van der Waals surface area contributed by atoms with E-state index in [1.807, 2.05) is 24.3 Å². The van der Waals surface area contributed by atoms with Gasteiger partial charge in [-0.3, -0.25) is 4.79 Å². The average molecular weight is 302 g/mol. The van der Waals surface area contributed by atoms with Gasteiger partial charge in [0.1, 0.15) is 0 Å². The Morgan fingerprint density at radius 3 is 2.19 bits per heavy atom. The molecule has 0 amide bonds. The summed E-state index contributed by atoms with van der Waals surface area (Å²) < 4.78 is 0. The largest absolute Gasteiger partial charge is 0.398 e. The molecule has 110 valence electrons. The second-order valence-corrected chi connectivity index (χ2v) is 6.29. The van der Waals surface area contributed by atoms with Gasteiger partial charge in [-0.05, 0) is 35.6 Å². The average Bonchev–Trinajstić information content (AvgIpc) is 2.49. The normalized spacial score (nSPS) is 11.4. The molecule has 2 aromatic rings. The number of ketones is 1. The van der Waals surface area contributed by atoms with E-state index < -0.39 is 0 Å². The quantitative estimate of drug-likeness (QED) is 0.648. The SMILES string of the molecule is CCC(C)(C)c1ccc(C(=O)c2ccc(Cl)c(N)c2)cc1. The number of nitrogens with two attached hydrogens (primary N) is 1. The van der Waals surface area contributed by atoms with Gasteiger partial charge in [0.2, 0.25) is 0 Å². The molecule has 0 bridgehead atoms. The number of hydrogen-bond donors (Lipinski definition) is 1. The molecule has 0 aliphatic carbocycles. The third-order valence-electron chi connectivity index (χ3n) is 4.07. The molecule has 2 N–H and O–H groups in total. The summed E-state index contributed by atoms with van der Waals surface area (Å²) in [6, 6.07) is 12.8. The molecule has 0 heterocycles. The van der Waals surface area contributed by atoms with Crippen LogP contribution in [0.1, 0.15) is 48.7 Å². The van der Waals surface area contributed by atoms with Crippen molar-refractivity contribution in [1.82, 2.24) is 0 Å². The van der Waals surface area contributed by atoms with Crippen LogP contribution in [0.4, 0.5) is 5.69 Å². The summed E-state index contributed by atoms with van der Waals surface area (Å²) >= 11 is 5.88. The number of carbonyl (C=O) groups excluding carboxylic acids is 1. The highest BCUT2D eigenvalue weighted by molar-refractivity contribution is 6.33.